The first-order chi connectivity index (χ1) is 8.61. The normalized spacial score (nSPS) is 10.4. The summed E-state index contributed by atoms with van der Waals surface area (Å²) in [4.78, 5) is 0. The van der Waals surface area contributed by atoms with Crippen molar-refractivity contribution in [2.45, 2.75) is 13.5 Å². The molecule has 0 unspecified atom stereocenters. The van der Waals surface area contributed by atoms with Crippen LogP contribution in [0.25, 0.3) is 0 Å². The lowest BCUT2D eigenvalue weighted by atomic mass is 10.2. The van der Waals surface area contributed by atoms with Gasteiger partial charge < -0.3 is 14.6 Å². The van der Waals surface area contributed by atoms with Crippen LogP contribution in [0.1, 0.15) is 11.3 Å². The van der Waals surface area contributed by atoms with Crippen molar-refractivity contribution in [3.05, 3.63) is 46.2 Å². The first-order valence-corrected chi connectivity index (χ1v) is 6.59. The predicted molar refractivity (Wildman–Crippen MR) is 78.2 cm³/mol. The Hall–Kier alpha value is -1.42. The summed E-state index contributed by atoms with van der Waals surface area (Å²) in [5.41, 5.74) is 3.44. The van der Waals surface area contributed by atoms with Gasteiger partial charge in [0, 0.05) is 23.4 Å². The van der Waals surface area contributed by atoms with Crippen molar-refractivity contribution >= 4 is 21.6 Å². The van der Waals surface area contributed by atoms with Crippen LogP contribution in [-0.2, 0) is 13.6 Å². The van der Waals surface area contributed by atoms with Gasteiger partial charge in [0.05, 0.1) is 19.3 Å². The van der Waals surface area contributed by atoms with Gasteiger partial charge in [-0.05, 0) is 36.8 Å². The molecule has 0 saturated heterocycles. The number of benzene rings is 1. The molecule has 2 aromatic rings. The van der Waals surface area contributed by atoms with Crippen molar-refractivity contribution in [3.8, 4) is 5.75 Å². The second kappa shape index (κ2) is 5.48. The first-order valence-electron chi connectivity index (χ1n) is 5.80. The predicted octanol–water partition coefficient (Wildman–Crippen LogP) is 3.72. The molecule has 0 radical (unpaired) electrons. The van der Waals surface area contributed by atoms with E-state index in [0.717, 1.165) is 28.0 Å². The van der Waals surface area contributed by atoms with Crippen molar-refractivity contribution in [1.82, 2.24) is 4.57 Å². The SMILES string of the molecule is COc1cc(Br)cc(C)c1NCc1cccn1C. The third-order valence-corrected chi connectivity index (χ3v) is 3.44. The largest absolute Gasteiger partial charge is 0.495 e. The molecule has 18 heavy (non-hydrogen) atoms. The fourth-order valence-corrected chi connectivity index (χ4v) is 2.51. The summed E-state index contributed by atoms with van der Waals surface area (Å²) in [5, 5.41) is 3.44. The molecule has 0 aliphatic heterocycles. The third-order valence-electron chi connectivity index (χ3n) is 2.98. The van der Waals surface area contributed by atoms with E-state index in [2.05, 4.69) is 44.9 Å². The summed E-state index contributed by atoms with van der Waals surface area (Å²) in [6.07, 6.45) is 2.04. The highest BCUT2D eigenvalue weighted by Gasteiger charge is 2.08. The van der Waals surface area contributed by atoms with Crippen LogP contribution in [0.5, 0.6) is 5.75 Å². The number of aromatic nitrogens is 1. The van der Waals surface area contributed by atoms with Gasteiger partial charge in [-0.2, -0.15) is 0 Å². The lowest BCUT2D eigenvalue weighted by Gasteiger charge is -2.15. The molecule has 0 aliphatic carbocycles. The maximum Gasteiger partial charge on any atom is 0.143 e. The van der Waals surface area contributed by atoms with Gasteiger partial charge in [-0.25, -0.2) is 0 Å². The van der Waals surface area contributed by atoms with E-state index >= 15 is 0 Å². The Morgan fingerprint density at radius 1 is 1.39 bits per heavy atom. The summed E-state index contributed by atoms with van der Waals surface area (Å²) in [6.45, 7) is 2.85. The van der Waals surface area contributed by atoms with Gasteiger partial charge >= 0.3 is 0 Å². The molecule has 0 bridgehead atoms. The van der Waals surface area contributed by atoms with E-state index in [0.29, 0.717) is 0 Å². The standard InChI is InChI=1S/C14H17BrN2O/c1-10-7-11(15)8-13(18-3)14(10)16-9-12-5-4-6-17(12)2/h4-8,16H,9H2,1-3H3. The van der Waals surface area contributed by atoms with Crippen LogP contribution in [0.3, 0.4) is 0 Å². The minimum absolute atomic E-state index is 0.780. The number of hydrogen-bond acceptors (Lipinski definition) is 2. The van der Waals surface area contributed by atoms with Crippen LogP contribution in [0, 0.1) is 6.92 Å². The van der Waals surface area contributed by atoms with Gasteiger partial charge in [-0.3, -0.25) is 0 Å². The van der Waals surface area contributed by atoms with E-state index in [9.17, 15) is 0 Å². The summed E-state index contributed by atoms with van der Waals surface area (Å²) in [5.74, 6) is 0.857. The van der Waals surface area contributed by atoms with Crippen LogP contribution in [0.2, 0.25) is 0 Å². The fourth-order valence-electron chi connectivity index (χ4n) is 1.96. The van der Waals surface area contributed by atoms with Crippen LogP contribution in [0.4, 0.5) is 5.69 Å². The molecule has 0 amide bonds. The van der Waals surface area contributed by atoms with Crippen LogP contribution < -0.4 is 10.1 Å². The Labute approximate surface area is 116 Å². The van der Waals surface area contributed by atoms with Gasteiger partial charge in [0.25, 0.3) is 0 Å². The number of hydrogen-bond donors (Lipinski definition) is 1. The third kappa shape index (κ3) is 2.70. The maximum atomic E-state index is 5.41. The summed E-state index contributed by atoms with van der Waals surface area (Å²) >= 11 is 3.48. The van der Waals surface area contributed by atoms with Gasteiger partial charge in [-0.15, -0.1) is 0 Å². The van der Waals surface area contributed by atoms with E-state index < -0.39 is 0 Å². The number of nitrogens with one attached hydrogen (secondary N) is 1. The summed E-state index contributed by atoms with van der Waals surface area (Å²) < 4.78 is 8.54. The number of ether oxygens (including phenoxy) is 1. The molecule has 1 N–H and O–H groups in total. The van der Waals surface area contributed by atoms with Crippen molar-refractivity contribution < 1.29 is 4.74 Å². The number of aryl methyl sites for hydroxylation is 2. The highest BCUT2D eigenvalue weighted by molar-refractivity contribution is 9.10. The van der Waals surface area contributed by atoms with Crippen LogP contribution >= 0.6 is 15.9 Å². The van der Waals surface area contributed by atoms with E-state index in [1.807, 2.05) is 25.4 Å². The molecule has 96 valence electrons. The zero-order valence-electron chi connectivity index (χ0n) is 10.8. The molecule has 0 atom stereocenters. The first kappa shape index (κ1) is 13.0. The Kier molecular flexibility index (Phi) is 3.97. The van der Waals surface area contributed by atoms with Crippen LogP contribution in [0.15, 0.2) is 34.9 Å². The van der Waals surface area contributed by atoms with Gasteiger partial charge in [0.1, 0.15) is 5.75 Å². The number of methoxy groups -OCH3 is 1. The monoisotopic (exact) mass is 308 g/mol. The number of nitrogens with zero attached hydrogens (tertiary/aromatic N) is 1. The van der Waals surface area contributed by atoms with Crippen molar-refractivity contribution in [3.63, 3.8) is 0 Å². The molecule has 0 saturated carbocycles. The van der Waals surface area contributed by atoms with Crippen molar-refractivity contribution in [2.24, 2.45) is 7.05 Å². The molecule has 2 rings (SSSR count). The van der Waals surface area contributed by atoms with Gasteiger partial charge in [-0.1, -0.05) is 15.9 Å². The Morgan fingerprint density at radius 2 is 2.17 bits per heavy atom. The Bertz CT molecular complexity index is 549. The van der Waals surface area contributed by atoms with Crippen molar-refractivity contribution in [1.29, 1.82) is 0 Å². The maximum absolute atomic E-state index is 5.41. The molecule has 4 heteroatoms. The quantitative estimate of drug-likeness (QED) is 0.931. The van der Waals surface area contributed by atoms with E-state index in [4.69, 9.17) is 4.74 Å². The Balaban J connectivity index is 2.21. The molecule has 1 heterocycles. The second-order valence-electron chi connectivity index (χ2n) is 4.26. The smallest absolute Gasteiger partial charge is 0.143 e. The van der Waals surface area contributed by atoms with E-state index in [1.54, 1.807) is 7.11 Å². The molecular formula is C14H17BrN2O. The highest BCUT2D eigenvalue weighted by atomic mass is 79.9. The van der Waals surface area contributed by atoms with Gasteiger partial charge in [0.2, 0.25) is 0 Å². The molecule has 3 nitrogen and oxygen atoms in total. The highest BCUT2D eigenvalue weighted by Crippen LogP contribution is 2.32. The number of rotatable bonds is 4. The fraction of sp³-hybridized carbons (Fsp3) is 0.286. The minimum Gasteiger partial charge on any atom is -0.495 e. The number of anilines is 1. The lowest BCUT2D eigenvalue weighted by molar-refractivity contribution is 0.416. The molecule has 0 aliphatic rings. The van der Waals surface area contributed by atoms with Crippen molar-refractivity contribution in [2.75, 3.05) is 12.4 Å². The zero-order chi connectivity index (χ0) is 13.1. The summed E-state index contributed by atoms with van der Waals surface area (Å²) in [7, 11) is 3.73. The second-order valence-corrected chi connectivity index (χ2v) is 5.18. The Morgan fingerprint density at radius 3 is 2.78 bits per heavy atom. The van der Waals surface area contributed by atoms with E-state index in [-0.39, 0.29) is 0 Å². The zero-order valence-corrected chi connectivity index (χ0v) is 12.4. The average molecular weight is 309 g/mol. The average Bonchev–Trinajstić information content (AvgIpc) is 2.73. The van der Waals surface area contributed by atoms with Gasteiger partial charge in [0.15, 0.2) is 0 Å². The van der Waals surface area contributed by atoms with E-state index in [1.165, 1.54) is 5.69 Å². The molecule has 0 fully saturated rings. The summed E-state index contributed by atoms with van der Waals surface area (Å²) in [6, 6.07) is 8.20. The van der Waals surface area contributed by atoms with Crippen LogP contribution in [-0.4, -0.2) is 11.7 Å². The molecule has 1 aromatic carbocycles. The topological polar surface area (TPSA) is 26.2 Å². The number of halogens is 1. The molecular weight excluding hydrogens is 292 g/mol. The minimum atomic E-state index is 0.780. The lowest BCUT2D eigenvalue weighted by Crippen LogP contribution is -2.06. The molecule has 0 spiro atoms. The molecule has 1 aromatic heterocycles.